The molecule has 0 spiro atoms. The predicted molar refractivity (Wildman–Crippen MR) is 46.0 cm³/mol. The van der Waals surface area contributed by atoms with Crippen molar-refractivity contribution in [2.24, 2.45) is 0 Å². The second-order valence-electron chi connectivity index (χ2n) is 3.97. The third-order valence-electron chi connectivity index (χ3n) is 1.81. The number of amides is 1. The van der Waals surface area contributed by atoms with Crippen LogP contribution in [0.4, 0.5) is 4.79 Å². The molecule has 64 valence electrons. The Bertz CT molecular complexity index is 176. The summed E-state index contributed by atoms with van der Waals surface area (Å²) in [6.07, 6.45) is -0.128. The molecule has 0 aromatic carbocycles. The highest BCUT2D eigenvalue weighted by Gasteiger charge is 2.38. The van der Waals surface area contributed by atoms with E-state index in [0.717, 1.165) is 0 Å². The van der Waals surface area contributed by atoms with Crippen molar-refractivity contribution in [2.45, 2.75) is 32.6 Å². The zero-order chi connectivity index (χ0) is 8.65. The Kier molecular flexibility index (Phi) is 1.96. The van der Waals surface area contributed by atoms with Gasteiger partial charge in [-0.3, -0.25) is 0 Å². The molecule has 0 saturated carbocycles. The average molecular weight is 173 g/mol. The molecular formula is C7H15NO2Si. The minimum absolute atomic E-state index is 0.128. The lowest BCUT2D eigenvalue weighted by atomic mass is 10.4. The molecule has 1 aliphatic heterocycles. The molecule has 0 aromatic heterocycles. The van der Waals surface area contributed by atoms with Gasteiger partial charge in [0.1, 0.15) is 6.61 Å². The average Bonchev–Trinajstić information content (AvgIpc) is 2.08. The van der Waals surface area contributed by atoms with E-state index in [-0.39, 0.29) is 12.1 Å². The van der Waals surface area contributed by atoms with E-state index < -0.39 is 8.24 Å². The quantitative estimate of drug-likeness (QED) is 0.564. The predicted octanol–water partition coefficient (Wildman–Crippen LogP) is 1.66. The second kappa shape index (κ2) is 2.51. The Morgan fingerprint density at radius 2 is 2.09 bits per heavy atom. The summed E-state index contributed by atoms with van der Waals surface area (Å²) in [5.41, 5.74) is 0. The summed E-state index contributed by atoms with van der Waals surface area (Å²) in [6.45, 7) is 9.04. The number of rotatable bonds is 1. The number of carbonyl (C=O) groups excluding carboxylic acids is 1. The van der Waals surface area contributed by atoms with Crippen LogP contribution >= 0.6 is 0 Å². The van der Waals surface area contributed by atoms with Crippen molar-refractivity contribution in [3.05, 3.63) is 0 Å². The summed E-state index contributed by atoms with van der Waals surface area (Å²) >= 11 is 0. The van der Waals surface area contributed by atoms with Crippen LogP contribution < -0.4 is 0 Å². The summed E-state index contributed by atoms with van der Waals surface area (Å²) in [5.74, 6) is 0. The molecule has 0 aliphatic carbocycles. The molecule has 1 amide bonds. The maximum absolute atomic E-state index is 11.2. The zero-order valence-corrected chi connectivity index (χ0v) is 8.55. The van der Waals surface area contributed by atoms with Gasteiger partial charge in [-0.15, -0.1) is 0 Å². The van der Waals surface area contributed by atoms with Gasteiger partial charge in [0.05, 0.1) is 6.04 Å². The van der Waals surface area contributed by atoms with Crippen molar-refractivity contribution in [3.8, 4) is 0 Å². The Hall–Kier alpha value is -0.513. The minimum atomic E-state index is -1.49. The number of ether oxygens (including phenoxy) is 1. The molecular weight excluding hydrogens is 158 g/mol. The van der Waals surface area contributed by atoms with Gasteiger partial charge < -0.3 is 9.30 Å². The summed E-state index contributed by atoms with van der Waals surface area (Å²) in [4.78, 5) is 11.2. The number of carbonyl (C=O) groups is 1. The van der Waals surface area contributed by atoms with Crippen molar-refractivity contribution in [2.75, 3.05) is 6.61 Å². The largest absolute Gasteiger partial charge is 0.448 e. The first-order chi connectivity index (χ1) is 4.93. The van der Waals surface area contributed by atoms with Gasteiger partial charge in [0.15, 0.2) is 8.24 Å². The van der Waals surface area contributed by atoms with E-state index >= 15 is 0 Å². The molecule has 1 rings (SSSR count). The van der Waals surface area contributed by atoms with Crippen LogP contribution in [0.2, 0.25) is 19.6 Å². The number of nitrogens with zero attached hydrogens (tertiary/aromatic N) is 1. The number of cyclic esters (lactones) is 1. The van der Waals surface area contributed by atoms with E-state index in [0.29, 0.717) is 6.61 Å². The first-order valence-corrected chi connectivity index (χ1v) is 7.34. The van der Waals surface area contributed by atoms with E-state index in [1.165, 1.54) is 0 Å². The first-order valence-electron chi connectivity index (χ1n) is 3.89. The van der Waals surface area contributed by atoms with E-state index in [2.05, 4.69) is 19.6 Å². The van der Waals surface area contributed by atoms with Crippen LogP contribution in [-0.4, -0.2) is 31.5 Å². The van der Waals surface area contributed by atoms with Crippen LogP contribution in [0.25, 0.3) is 0 Å². The maximum Gasteiger partial charge on any atom is 0.402 e. The van der Waals surface area contributed by atoms with Crippen LogP contribution in [0.5, 0.6) is 0 Å². The van der Waals surface area contributed by atoms with E-state index in [1.807, 2.05) is 11.5 Å². The second-order valence-corrected chi connectivity index (χ2v) is 8.79. The third-order valence-corrected chi connectivity index (χ3v) is 3.88. The van der Waals surface area contributed by atoms with Gasteiger partial charge in [0.25, 0.3) is 0 Å². The smallest absolute Gasteiger partial charge is 0.402 e. The molecule has 4 heteroatoms. The van der Waals surface area contributed by atoms with Crippen molar-refractivity contribution in [1.82, 2.24) is 4.57 Å². The summed E-state index contributed by atoms with van der Waals surface area (Å²) in [7, 11) is -1.49. The van der Waals surface area contributed by atoms with Gasteiger partial charge in [-0.25, -0.2) is 4.79 Å². The fraction of sp³-hybridized carbons (Fsp3) is 0.857. The molecule has 0 radical (unpaired) electrons. The van der Waals surface area contributed by atoms with Gasteiger partial charge in [0.2, 0.25) is 0 Å². The normalized spacial score (nSPS) is 25.6. The molecule has 0 N–H and O–H groups in total. The lowest BCUT2D eigenvalue weighted by Crippen LogP contribution is -2.50. The highest BCUT2D eigenvalue weighted by molar-refractivity contribution is 6.75. The Morgan fingerprint density at radius 1 is 1.55 bits per heavy atom. The Labute approximate surface area is 68.4 Å². The van der Waals surface area contributed by atoms with Gasteiger partial charge >= 0.3 is 6.09 Å². The van der Waals surface area contributed by atoms with Crippen LogP contribution in [0.3, 0.4) is 0 Å². The number of hydrogen-bond acceptors (Lipinski definition) is 2. The maximum atomic E-state index is 11.2. The molecule has 1 unspecified atom stereocenters. The van der Waals surface area contributed by atoms with Crippen molar-refractivity contribution >= 4 is 14.3 Å². The molecule has 1 fully saturated rings. The highest BCUT2D eigenvalue weighted by Crippen LogP contribution is 2.20. The van der Waals surface area contributed by atoms with Gasteiger partial charge in [-0.05, 0) is 6.92 Å². The van der Waals surface area contributed by atoms with Crippen LogP contribution in [0.15, 0.2) is 0 Å². The van der Waals surface area contributed by atoms with Crippen LogP contribution in [0, 0.1) is 0 Å². The van der Waals surface area contributed by atoms with E-state index in [1.54, 1.807) is 0 Å². The Morgan fingerprint density at radius 3 is 2.27 bits per heavy atom. The fourth-order valence-corrected chi connectivity index (χ4v) is 3.46. The molecule has 1 saturated heterocycles. The number of hydrogen-bond donors (Lipinski definition) is 0. The molecule has 1 heterocycles. The Balaban J connectivity index is 2.77. The van der Waals surface area contributed by atoms with Crippen LogP contribution in [0.1, 0.15) is 6.92 Å². The topological polar surface area (TPSA) is 29.5 Å². The van der Waals surface area contributed by atoms with Gasteiger partial charge in [-0.1, -0.05) is 19.6 Å². The molecule has 3 nitrogen and oxygen atoms in total. The van der Waals surface area contributed by atoms with Crippen molar-refractivity contribution in [3.63, 3.8) is 0 Å². The zero-order valence-electron chi connectivity index (χ0n) is 7.55. The first kappa shape index (κ1) is 8.58. The van der Waals surface area contributed by atoms with E-state index in [4.69, 9.17) is 4.74 Å². The van der Waals surface area contributed by atoms with E-state index in [9.17, 15) is 4.79 Å². The highest BCUT2D eigenvalue weighted by atomic mass is 28.3. The van der Waals surface area contributed by atoms with Gasteiger partial charge in [-0.2, -0.15) is 0 Å². The standard InChI is InChI=1S/C7H15NO2Si/c1-6-5-10-7(9)8(6)11(2,3)4/h6H,5H2,1-4H3. The minimum Gasteiger partial charge on any atom is -0.448 e. The molecule has 11 heavy (non-hydrogen) atoms. The molecule has 1 atom stereocenters. The fourth-order valence-electron chi connectivity index (χ4n) is 1.45. The van der Waals surface area contributed by atoms with Gasteiger partial charge in [0, 0.05) is 0 Å². The van der Waals surface area contributed by atoms with Crippen LogP contribution in [-0.2, 0) is 4.74 Å². The summed E-state index contributed by atoms with van der Waals surface area (Å²) in [6, 6.07) is 0.272. The monoisotopic (exact) mass is 173 g/mol. The van der Waals surface area contributed by atoms with Crippen molar-refractivity contribution in [1.29, 1.82) is 0 Å². The molecule has 0 bridgehead atoms. The summed E-state index contributed by atoms with van der Waals surface area (Å²) in [5, 5.41) is 0. The SMILES string of the molecule is CC1COC(=O)N1[Si](C)(C)C. The summed E-state index contributed by atoms with van der Waals surface area (Å²) < 4.78 is 6.84. The lowest BCUT2D eigenvalue weighted by molar-refractivity contribution is 0.169. The van der Waals surface area contributed by atoms with Crippen molar-refractivity contribution < 1.29 is 9.53 Å². The molecule has 0 aromatic rings. The third kappa shape index (κ3) is 1.56. The lowest BCUT2D eigenvalue weighted by Gasteiger charge is -2.30. The molecule has 1 aliphatic rings.